The number of hydrogen-bond acceptors (Lipinski definition) is 5. The largest absolute Gasteiger partial charge is 0.495 e. The average molecular weight is 594 g/mol. The highest BCUT2D eigenvalue weighted by Gasteiger charge is 2.18. The number of rotatable bonds is 4. The summed E-state index contributed by atoms with van der Waals surface area (Å²) in [7, 11) is 1.62. The van der Waals surface area contributed by atoms with Crippen molar-refractivity contribution in [2.24, 2.45) is 0 Å². The van der Waals surface area contributed by atoms with E-state index >= 15 is 0 Å². The van der Waals surface area contributed by atoms with Crippen molar-refractivity contribution >= 4 is 60.9 Å². The van der Waals surface area contributed by atoms with E-state index in [1.807, 2.05) is 72.8 Å². The standard InChI is InChI=1S/C26H18Br2N4OS/c1-33-22-8-3-2-7-21(22)32-24(29)23-19(16-5-4-6-18(28)13-16)14-20(30-25(23)31-26(32)34)15-9-11-17(27)12-10-15/h2-14H,29H2,1H3. The summed E-state index contributed by atoms with van der Waals surface area (Å²) in [6, 6.07) is 25.7. The number of ether oxygens (including phenoxy) is 1. The minimum atomic E-state index is 0.301. The molecule has 0 fully saturated rings. The van der Waals surface area contributed by atoms with E-state index in [1.165, 1.54) is 0 Å². The molecular formula is C26H18Br2N4OS. The van der Waals surface area contributed by atoms with E-state index in [-0.39, 0.29) is 0 Å². The van der Waals surface area contributed by atoms with E-state index in [0.717, 1.165) is 42.4 Å². The van der Waals surface area contributed by atoms with E-state index in [4.69, 9.17) is 32.7 Å². The first kappa shape index (κ1) is 22.7. The van der Waals surface area contributed by atoms with Gasteiger partial charge in [0.1, 0.15) is 11.6 Å². The van der Waals surface area contributed by atoms with Crippen LogP contribution in [0.3, 0.4) is 0 Å². The van der Waals surface area contributed by atoms with Crippen LogP contribution < -0.4 is 10.5 Å². The number of nitrogens with zero attached hydrogens (tertiary/aromatic N) is 3. The van der Waals surface area contributed by atoms with Crippen molar-refractivity contribution in [2.45, 2.75) is 0 Å². The number of para-hydroxylation sites is 2. The molecule has 5 aromatic rings. The van der Waals surface area contributed by atoms with Gasteiger partial charge in [-0.25, -0.2) is 4.98 Å². The molecule has 0 spiro atoms. The third-order valence-corrected chi connectivity index (χ3v) is 6.79. The van der Waals surface area contributed by atoms with Gasteiger partial charge in [-0.15, -0.1) is 0 Å². The molecule has 0 radical (unpaired) electrons. The average Bonchev–Trinajstić information content (AvgIpc) is 2.84. The maximum Gasteiger partial charge on any atom is 0.207 e. The molecule has 5 nitrogen and oxygen atoms in total. The second-order valence-corrected chi connectivity index (χ2v) is 9.75. The highest BCUT2D eigenvalue weighted by atomic mass is 79.9. The number of nitrogens with two attached hydrogens (primary N) is 1. The number of halogens is 2. The molecule has 2 aromatic heterocycles. The smallest absolute Gasteiger partial charge is 0.207 e. The Bertz CT molecular complexity index is 1600. The van der Waals surface area contributed by atoms with E-state index in [1.54, 1.807) is 11.7 Å². The van der Waals surface area contributed by atoms with Crippen molar-refractivity contribution in [2.75, 3.05) is 12.8 Å². The summed E-state index contributed by atoms with van der Waals surface area (Å²) in [5.41, 5.74) is 11.7. The molecule has 0 amide bonds. The van der Waals surface area contributed by atoms with Crippen molar-refractivity contribution in [3.63, 3.8) is 0 Å². The van der Waals surface area contributed by atoms with Crippen LogP contribution in [0.25, 0.3) is 39.1 Å². The monoisotopic (exact) mass is 592 g/mol. The Balaban J connectivity index is 1.88. The zero-order valence-electron chi connectivity index (χ0n) is 18.0. The molecule has 0 unspecified atom stereocenters. The van der Waals surface area contributed by atoms with Crippen LogP contribution in [-0.4, -0.2) is 21.6 Å². The van der Waals surface area contributed by atoms with Gasteiger partial charge in [0.05, 0.1) is 23.9 Å². The molecule has 3 aromatic carbocycles. The third-order valence-electron chi connectivity index (χ3n) is 5.49. The normalized spacial score (nSPS) is 11.0. The molecule has 0 atom stereocenters. The zero-order valence-corrected chi connectivity index (χ0v) is 22.0. The maximum atomic E-state index is 6.80. The minimum Gasteiger partial charge on any atom is -0.495 e. The Morgan fingerprint density at radius 3 is 2.35 bits per heavy atom. The Kier molecular flexibility index (Phi) is 6.20. The summed E-state index contributed by atoms with van der Waals surface area (Å²) in [5, 5.41) is 0.721. The highest BCUT2D eigenvalue weighted by Crippen LogP contribution is 2.37. The lowest BCUT2D eigenvalue weighted by Gasteiger charge is -2.18. The molecule has 0 aliphatic heterocycles. The fourth-order valence-corrected chi connectivity index (χ4v) is 4.87. The van der Waals surface area contributed by atoms with Crippen LogP contribution in [-0.2, 0) is 0 Å². The number of fused-ring (bicyclic) bond motifs is 1. The Morgan fingerprint density at radius 2 is 1.62 bits per heavy atom. The van der Waals surface area contributed by atoms with Crippen LogP contribution >= 0.6 is 44.1 Å². The van der Waals surface area contributed by atoms with E-state index in [2.05, 4.69) is 37.9 Å². The lowest BCUT2D eigenvalue weighted by molar-refractivity contribution is 0.413. The topological polar surface area (TPSA) is 66.0 Å². The highest BCUT2D eigenvalue weighted by molar-refractivity contribution is 9.10. The Labute approximate surface area is 218 Å². The summed E-state index contributed by atoms with van der Waals surface area (Å²) in [6.45, 7) is 0. The molecule has 2 N–H and O–H groups in total. The lowest BCUT2D eigenvalue weighted by Crippen LogP contribution is -2.10. The molecule has 0 aliphatic carbocycles. The summed E-state index contributed by atoms with van der Waals surface area (Å²) in [6.07, 6.45) is 0. The SMILES string of the molecule is COc1ccccc1-n1c(N)c2c(-c3cccc(Br)c3)cc(-c3ccc(Br)cc3)nc2nc1=S. The summed E-state index contributed by atoms with van der Waals surface area (Å²) in [5.74, 6) is 1.10. The molecule has 0 saturated heterocycles. The quantitative estimate of drug-likeness (QED) is 0.217. The van der Waals surface area contributed by atoms with Crippen molar-refractivity contribution in [3.8, 4) is 33.8 Å². The van der Waals surface area contributed by atoms with Crippen molar-refractivity contribution in [1.82, 2.24) is 14.5 Å². The summed E-state index contributed by atoms with van der Waals surface area (Å²) >= 11 is 12.8. The molecular weight excluding hydrogens is 576 g/mol. The summed E-state index contributed by atoms with van der Waals surface area (Å²) < 4.78 is 9.56. The van der Waals surface area contributed by atoms with E-state index in [0.29, 0.717) is 22.0 Å². The predicted molar refractivity (Wildman–Crippen MR) is 147 cm³/mol. The summed E-state index contributed by atoms with van der Waals surface area (Å²) in [4.78, 5) is 9.56. The van der Waals surface area contributed by atoms with Gasteiger partial charge < -0.3 is 10.5 Å². The molecule has 0 saturated carbocycles. The van der Waals surface area contributed by atoms with Crippen LogP contribution in [0.2, 0.25) is 0 Å². The fraction of sp³-hybridized carbons (Fsp3) is 0.0385. The first-order valence-corrected chi connectivity index (χ1v) is 12.3. The maximum absolute atomic E-state index is 6.80. The molecule has 8 heteroatoms. The van der Waals surface area contributed by atoms with Crippen LogP contribution in [0.5, 0.6) is 5.75 Å². The van der Waals surface area contributed by atoms with E-state index in [9.17, 15) is 0 Å². The van der Waals surface area contributed by atoms with Gasteiger partial charge in [-0.3, -0.25) is 4.57 Å². The predicted octanol–water partition coefficient (Wildman–Crippen LogP) is 7.60. The number of hydrogen-bond donors (Lipinski definition) is 1. The molecule has 0 aliphatic rings. The van der Waals surface area contributed by atoms with Crippen LogP contribution in [0.15, 0.2) is 87.8 Å². The zero-order chi connectivity index (χ0) is 23.8. The van der Waals surface area contributed by atoms with Crippen molar-refractivity contribution < 1.29 is 4.74 Å². The van der Waals surface area contributed by atoms with Crippen molar-refractivity contribution in [1.29, 1.82) is 0 Å². The van der Waals surface area contributed by atoms with Gasteiger partial charge >= 0.3 is 0 Å². The first-order valence-electron chi connectivity index (χ1n) is 10.3. The number of pyridine rings is 1. The number of aromatic nitrogens is 3. The fourth-order valence-electron chi connectivity index (χ4n) is 3.92. The Hall–Kier alpha value is -3.07. The van der Waals surface area contributed by atoms with Gasteiger partial charge in [-0.2, -0.15) is 4.98 Å². The molecule has 168 valence electrons. The number of benzene rings is 3. The van der Waals surface area contributed by atoms with Gasteiger partial charge in [0, 0.05) is 14.5 Å². The number of anilines is 1. The lowest BCUT2D eigenvalue weighted by atomic mass is 9.99. The van der Waals surface area contributed by atoms with Gasteiger partial charge in [0.15, 0.2) is 5.65 Å². The van der Waals surface area contributed by atoms with Crippen LogP contribution in [0.4, 0.5) is 5.82 Å². The molecule has 34 heavy (non-hydrogen) atoms. The van der Waals surface area contributed by atoms with Crippen LogP contribution in [0.1, 0.15) is 0 Å². The first-order chi connectivity index (χ1) is 16.5. The second-order valence-electron chi connectivity index (χ2n) is 7.56. The number of methoxy groups -OCH3 is 1. The Morgan fingerprint density at radius 1 is 0.853 bits per heavy atom. The van der Waals surface area contributed by atoms with Crippen molar-refractivity contribution in [3.05, 3.63) is 92.6 Å². The molecule has 5 rings (SSSR count). The van der Waals surface area contributed by atoms with Gasteiger partial charge in [0.25, 0.3) is 0 Å². The third kappa shape index (κ3) is 4.13. The van der Waals surface area contributed by atoms with E-state index < -0.39 is 0 Å². The molecule has 2 heterocycles. The van der Waals surface area contributed by atoms with Gasteiger partial charge in [-0.1, -0.05) is 68.3 Å². The van der Waals surface area contributed by atoms with Crippen LogP contribution in [0, 0.1) is 4.77 Å². The molecule has 0 bridgehead atoms. The van der Waals surface area contributed by atoms with Gasteiger partial charge in [-0.05, 0) is 65.8 Å². The number of nitrogen functional groups attached to an aromatic ring is 1. The minimum absolute atomic E-state index is 0.301. The van der Waals surface area contributed by atoms with Gasteiger partial charge in [0.2, 0.25) is 4.77 Å². The second kappa shape index (κ2) is 9.29.